The molecule has 2 rings (SSSR count). The number of nitrogens with zero attached hydrogens (tertiary/aromatic N) is 1. The minimum absolute atomic E-state index is 0. The number of carboxylic acid groups (broad SMARTS) is 1. The van der Waals surface area contributed by atoms with Crippen molar-refractivity contribution in [3.05, 3.63) is 42.1 Å². The number of hydrogen-bond acceptors (Lipinski definition) is 3. The summed E-state index contributed by atoms with van der Waals surface area (Å²) in [6, 6.07) is 8.51. The Labute approximate surface area is 93.0 Å². The van der Waals surface area contributed by atoms with E-state index >= 15 is 0 Å². The van der Waals surface area contributed by atoms with Crippen molar-refractivity contribution in [1.82, 2.24) is 4.98 Å². The summed E-state index contributed by atoms with van der Waals surface area (Å²) in [5.41, 5.74) is 0.856. The molecule has 0 N–H and O–H groups in total. The van der Waals surface area contributed by atoms with Crippen molar-refractivity contribution in [3.8, 4) is 0 Å². The molecule has 0 bridgehead atoms. The Balaban J connectivity index is 0.000000980. The summed E-state index contributed by atoms with van der Waals surface area (Å²) in [5.74, 6) is -1.17. The Morgan fingerprint density at radius 3 is 2.64 bits per heavy atom. The number of para-hydroxylation sites is 1. The Hall–Kier alpha value is -1.30. The molecule has 0 amide bonds. The number of aromatic carboxylic acids is 1. The molecule has 1 aromatic carbocycles. The van der Waals surface area contributed by atoms with Crippen molar-refractivity contribution in [2.24, 2.45) is 0 Å². The zero-order valence-electron chi connectivity index (χ0n) is 7.73. The maximum atomic E-state index is 10.7. The van der Waals surface area contributed by atoms with Crippen LogP contribution in [-0.2, 0) is 0 Å². The number of rotatable bonds is 1. The second kappa shape index (κ2) is 4.27. The molecule has 0 aliphatic rings. The number of fused-ring (bicyclic) bond motifs is 1. The third-order valence-corrected chi connectivity index (χ3v) is 1.87. The first-order valence-corrected chi connectivity index (χ1v) is 3.84. The summed E-state index contributed by atoms with van der Waals surface area (Å²) in [5, 5.41) is 11.3. The third-order valence-electron chi connectivity index (χ3n) is 1.87. The molecule has 3 nitrogen and oxygen atoms in total. The maximum Gasteiger partial charge on any atom is 1.00 e. The van der Waals surface area contributed by atoms with E-state index in [4.69, 9.17) is 0 Å². The van der Waals surface area contributed by atoms with Crippen LogP contribution in [0, 0.1) is 0 Å². The summed E-state index contributed by atoms with van der Waals surface area (Å²) >= 11 is 0. The van der Waals surface area contributed by atoms with E-state index in [1.807, 2.05) is 6.07 Å². The van der Waals surface area contributed by atoms with Crippen molar-refractivity contribution in [2.45, 2.75) is 0 Å². The molecular formula is C10H6LiNO2. The Bertz CT molecular complexity index is 465. The molecule has 1 heterocycles. The standard InChI is InChI=1S/C10H7NO2.Li/c12-10(13)8-5-6-11-9-4-2-1-3-7(8)9;/h1-6H,(H,12,13);/q;+1/p-1. The van der Waals surface area contributed by atoms with Crippen LogP contribution in [0.5, 0.6) is 0 Å². The minimum atomic E-state index is -1.17. The van der Waals surface area contributed by atoms with Crippen LogP contribution >= 0.6 is 0 Å². The van der Waals surface area contributed by atoms with Gasteiger partial charge in [-0.2, -0.15) is 0 Å². The summed E-state index contributed by atoms with van der Waals surface area (Å²) in [7, 11) is 0. The number of benzene rings is 1. The number of carboxylic acids is 1. The van der Waals surface area contributed by atoms with Crippen LogP contribution in [0.1, 0.15) is 10.4 Å². The Kier molecular flexibility index (Phi) is 3.29. The monoisotopic (exact) mass is 179 g/mol. The molecule has 0 fully saturated rings. The van der Waals surface area contributed by atoms with Crippen LogP contribution in [0.3, 0.4) is 0 Å². The van der Waals surface area contributed by atoms with Crippen LogP contribution in [0.15, 0.2) is 36.5 Å². The van der Waals surface area contributed by atoms with Gasteiger partial charge in [-0.05, 0) is 12.1 Å². The van der Waals surface area contributed by atoms with Gasteiger partial charge in [0.1, 0.15) is 0 Å². The summed E-state index contributed by atoms with van der Waals surface area (Å²) in [6.07, 6.45) is 1.47. The van der Waals surface area contributed by atoms with E-state index in [2.05, 4.69) is 4.98 Å². The first kappa shape index (κ1) is 10.8. The van der Waals surface area contributed by atoms with Crippen LogP contribution in [0.25, 0.3) is 10.9 Å². The van der Waals surface area contributed by atoms with E-state index in [1.165, 1.54) is 12.3 Å². The van der Waals surface area contributed by atoms with Gasteiger partial charge < -0.3 is 9.90 Å². The van der Waals surface area contributed by atoms with Crippen molar-refractivity contribution in [1.29, 1.82) is 0 Å². The predicted octanol–water partition coefficient (Wildman–Crippen LogP) is -2.40. The number of carbonyl (C=O) groups excluding carboxylic acids is 1. The Morgan fingerprint density at radius 1 is 1.21 bits per heavy atom. The molecule has 0 radical (unpaired) electrons. The van der Waals surface area contributed by atoms with Gasteiger partial charge in [-0.25, -0.2) is 0 Å². The molecule has 1 aromatic heterocycles. The molecule has 4 heteroatoms. The van der Waals surface area contributed by atoms with E-state index < -0.39 is 5.97 Å². The second-order valence-corrected chi connectivity index (χ2v) is 2.66. The number of hydrogen-bond donors (Lipinski definition) is 0. The molecule has 0 saturated heterocycles. The number of carbonyl (C=O) groups is 1. The normalized spacial score (nSPS) is 9.43. The van der Waals surface area contributed by atoms with Gasteiger partial charge in [-0.15, -0.1) is 0 Å². The van der Waals surface area contributed by atoms with Crippen molar-refractivity contribution >= 4 is 16.9 Å². The van der Waals surface area contributed by atoms with Gasteiger partial charge in [0, 0.05) is 17.1 Å². The molecule has 2 aromatic rings. The third kappa shape index (κ3) is 1.79. The molecule has 0 spiro atoms. The fourth-order valence-corrected chi connectivity index (χ4v) is 1.27. The number of pyridine rings is 1. The van der Waals surface area contributed by atoms with E-state index in [9.17, 15) is 9.90 Å². The van der Waals surface area contributed by atoms with Gasteiger partial charge in [-0.3, -0.25) is 4.98 Å². The van der Waals surface area contributed by atoms with Crippen molar-refractivity contribution in [2.75, 3.05) is 0 Å². The van der Waals surface area contributed by atoms with Crippen LogP contribution in [0.4, 0.5) is 0 Å². The van der Waals surface area contributed by atoms with Gasteiger partial charge in [0.05, 0.1) is 11.5 Å². The molecule has 0 saturated carbocycles. The van der Waals surface area contributed by atoms with Crippen LogP contribution in [-0.4, -0.2) is 11.0 Å². The van der Waals surface area contributed by atoms with Gasteiger partial charge in [-0.1, -0.05) is 18.2 Å². The molecule has 64 valence electrons. The van der Waals surface area contributed by atoms with E-state index in [0.717, 1.165) is 0 Å². The second-order valence-electron chi connectivity index (χ2n) is 2.66. The first-order chi connectivity index (χ1) is 6.29. The van der Waals surface area contributed by atoms with E-state index in [0.29, 0.717) is 10.9 Å². The average molecular weight is 179 g/mol. The van der Waals surface area contributed by atoms with Gasteiger partial charge in [0.25, 0.3) is 0 Å². The molecule has 0 aliphatic heterocycles. The molecule has 14 heavy (non-hydrogen) atoms. The summed E-state index contributed by atoms with van der Waals surface area (Å²) < 4.78 is 0. The zero-order valence-corrected chi connectivity index (χ0v) is 7.73. The molecular weight excluding hydrogens is 173 g/mol. The van der Waals surface area contributed by atoms with Crippen molar-refractivity contribution in [3.63, 3.8) is 0 Å². The predicted molar refractivity (Wildman–Crippen MR) is 46.1 cm³/mol. The SMILES string of the molecule is O=C([O-])c1ccnc2ccccc12.[Li+]. The van der Waals surface area contributed by atoms with E-state index in [-0.39, 0.29) is 24.4 Å². The largest absolute Gasteiger partial charge is 1.00 e. The summed E-state index contributed by atoms with van der Waals surface area (Å²) in [6.45, 7) is 0. The molecule has 0 aliphatic carbocycles. The average Bonchev–Trinajstić information content (AvgIpc) is 2.17. The summed E-state index contributed by atoms with van der Waals surface area (Å²) in [4.78, 5) is 14.7. The fraction of sp³-hybridized carbons (Fsp3) is 0. The quantitative estimate of drug-likeness (QED) is 0.459. The fourth-order valence-electron chi connectivity index (χ4n) is 1.27. The Morgan fingerprint density at radius 2 is 1.93 bits per heavy atom. The van der Waals surface area contributed by atoms with Gasteiger partial charge >= 0.3 is 18.9 Å². The van der Waals surface area contributed by atoms with E-state index in [1.54, 1.807) is 18.2 Å². The maximum absolute atomic E-state index is 10.7. The smallest absolute Gasteiger partial charge is 0.545 e. The van der Waals surface area contributed by atoms with Gasteiger partial charge in [0.2, 0.25) is 0 Å². The van der Waals surface area contributed by atoms with Crippen LogP contribution < -0.4 is 24.0 Å². The first-order valence-electron chi connectivity index (χ1n) is 3.84. The molecule has 0 unspecified atom stereocenters. The van der Waals surface area contributed by atoms with Crippen LogP contribution in [0.2, 0.25) is 0 Å². The van der Waals surface area contributed by atoms with Gasteiger partial charge in [0.15, 0.2) is 0 Å². The molecule has 0 atom stereocenters. The van der Waals surface area contributed by atoms with Crippen molar-refractivity contribution < 1.29 is 28.8 Å². The topological polar surface area (TPSA) is 53.0 Å². The number of aromatic nitrogens is 1. The minimum Gasteiger partial charge on any atom is -0.545 e. The zero-order chi connectivity index (χ0) is 9.26.